The van der Waals surface area contributed by atoms with Gasteiger partial charge in [-0.3, -0.25) is 0 Å². The van der Waals surface area contributed by atoms with Crippen LogP contribution in [0.1, 0.15) is 66.2 Å². The third-order valence-electron chi connectivity index (χ3n) is 10.9. The Hall–Kier alpha value is -6.71. The highest BCUT2D eigenvalue weighted by atomic mass is 16.5. The number of ether oxygens (including phenoxy) is 4. The number of aromatic nitrogens is 3. The highest BCUT2D eigenvalue weighted by Crippen LogP contribution is 2.61. The summed E-state index contributed by atoms with van der Waals surface area (Å²) in [5.41, 5.74) is 7.08. The Balaban J connectivity index is 1.41. The van der Waals surface area contributed by atoms with E-state index in [-0.39, 0.29) is 22.9 Å². The van der Waals surface area contributed by atoms with Crippen molar-refractivity contribution in [3.63, 3.8) is 0 Å². The second-order valence-corrected chi connectivity index (χ2v) is 13.1. The quantitative estimate of drug-likeness (QED) is 0.153. The number of rotatable bonds is 8. The summed E-state index contributed by atoms with van der Waals surface area (Å²) in [6.45, 7) is 4.53. The van der Waals surface area contributed by atoms with Crippen LogP contribution in [-0.4, -0.2) is 36.3 Å². The van der Waals surface area contributed by atoms with Gasteiger partial charge in [0.25, 0.3) is 0 Å². The van der Waals surface area contributed by atoms with Gasteiger partial charge in [-0.2, -0.15) is 25.5 Å². The molecule has 0 radical (unpaired) electrons. The first-order valence-electron chi connectivity index (χ1n) is 17.4. The Bertz CT molecular complexity index is 2510. The van der Waals surface area contributed by atoms with Crippen molar-refractivity contribution in [2.75, 3.05) is 21.3 Å². The van der Waals surface area contributed by atoms with Crippen molar-refractivity contribution in [3.05, 3.63) is 130 Å². The van der Waals surface area contributed by atoms with E-state index in [1.165, 1.54) is 22.3 Å². The van der Waals surface area contributed by atoms with Crippen LogP contribution in [0.2, 0.25) is 0 Å². The van der Waals surface area contributed by atoms with Gasteiger partial charge in [0.2, 0.25) is 11.6 Å². The predicted octanol–water partition coefficient (Wildman–Crippen LogP) is 8.90. The molecule has 1 aliphatic carbocycles. The predicted molar refractivity (Wildman–Crippen MR) is 202 cm³/mol. The fourth-order valence-corrected chi connectivity index (χ4v) is 8.27. The van der Waals surface area contributed by atoms with E-state index >= 15 is 0 Å². The first-order valence-corrected chi connectivity index (χ1v) is 17.4. The molecule has 5 aromatic carbocycles. The molecule has 0 N–H and O–H groups in total. The van der Waals surface area contributed by atoms with E-state index in [2.05, 4.69) is 71.3 Å². The van der Waals surface area contributed by atoms with Crippen molar-refractivity contribution in [1.82, 2.24) is 15.0 Å². The van der Waals surface area contributed by atoms with E-state index in [1.807, 2.05) is 66.7 Å². The van der Waals surface area contributed by atoms with Gasteiger partial charge < -0.3 is 18.9 Å². The summed E-state index contributed by atoms with van der Waals surface area (Å²) < 4.78 is 24.8. The van der Waals surface area contributed by atoms with Crippen LogP contribution in [0.25, 0.3) is 39.4 Å². The smallest absolute Gasteiger partial charge is 0.236 e. The van der Waals surface area contributed by atoms with Crippen LogP contribution in [0.3, 0.4) is 0 Å². The van der Waals surface area contributed by atoms with Crippen LogP contribution in [0, 0.1) is 22.7 Å². The highest BCUT2D eigenvalue weighted by molar-refractivity contribution is 6.09. The Morgan fingerprint density at radius 1 is 0.717 bits per heavy atom. The van der Waals surface area contributed by atoms with Crippen molar-refractivity contribution >= 4 is 16.8 Å². The summed E-state index contributed by atoms with van der Waals surface area (Å²) in [5, 5.41) is 20.9. The average Bonchev–Trinajstić information content (AvgIpc) is 3.53. The highest BCUT2D eigenvalue weighted by Gasteiger charge is 2.47. The molecule has 1 aromatic heterocycles. The van der Waals surface area contributed by atoms with E-state index in [9.17, 15) is 10.5 Å². The van der Waals surface area contributed by atoms with Crippen molar-refractivity contribution in [3.8, 4) is 57.7 Å². The maximum absolute atomic E-state index is 9.47. The Labute approximate surface area is 307 Å². The second-order valence-electron chi connectivity index (χ2n) is 13.1. The third kappa shape index (κ3) is 4.92. The number of benzene rings is 5. The number of nitrogens with zero attached hydrogens (tertiary/aromatic N) is 5. The van der Waals surface area contributed by atoms with E-state index in [0.717, 1.165) is 51.8 Å². The van der Waals surface area contributed by atoms with Crippen molar-refractivity contribution in [2.24, 2.45) is 0 Å². The molecule has 0 spiro atoms. The first-order chi connectivity index (χ1) is 25.9. The summed E-state index contributed by atoms with van der Waals surface area (Å²) in [5.74, 6) is 2.72. The summed E-state index contributed by atoms with van der Waals surface area (Å²) in [7, 11) is 4.95. The third-order valence-corrected chi connectivity index (χ3v) is 10.9. The van der Waals surface area contributed by atoms with Gasteiger partial charge in [0, 0.05) is 33.1 Å². The molecule has 9 heteroatoms. The molecule has 0 amide bonds. The minimum absolute atomic E-state index is 0.121. The zero-order valence-electron chi connectivity index (χ0n) is 30.0. The molecule has 1 unspecified atom stereocenters. The van der Waals surface area contributed by atoms with Crippen LogP contribution < -0.4 is 18.9 Å². The van der Waals surface area contributed by atoms with Gasteiger partial charge in [-0.15, -0.1) is 0 Å². The molecule has 9 nitrogen and oxygen atoms in total. The summed E-state index contributed by atoms with van der Waals surface area (Å²) in [6, 6.07) is 32.3. The van der Waals surface area contributed by atoms with Gasteiger partial charge >= 0.3 is 0 Å². The molecule has 0 fully saturated rings. The van der Waals surface area contributed by atoms with Crippen LogP contribution >= 0.6 is 0 Å². The second kappa shape index (κ2) is 12.8. The topological polar surface area (TPSA) is 123 Å². The maximum atomic E-state index is 9.47. The molecule has 0 saturated carbocycles. The Kier molecular flexibility index (Phi) is 8.08. The molecule has 8 rings (SSSR count). The zero-order valence-corrected chi connectivity index (χ0v) is 30.0. The number of hydrogen-bond acceptors (Lipinski definition) is 9. The van der Waals surface area contributed by atoms with Crippen LogP contribution in [0.4, 0.5) is 0 Å². The first kappa shape index (κ1) is 33.4. The summed E-state index contributed by atoms with van der Waals surface area (Å²) >= 11 is 0. The lowest BCUT2D eigenvalue weighted by Gasteiger charge is -2.39. The molecule has 0 saturated heterocycles. The van der Waals surface area contributed by atoms with Gasteiger partial charge in [-0.25, -0.2) is 0 Å². The fourth-order valence-electron chi connectivity index (χ4n) is 8.27. The molecule has 2 heterocycles. The van der Waals surface area contributed by atoms with E-state index in [0.29, 0.717) is 17.1 Å². The Morgan fingerprint density at radius 2 is 1.32 bits per heavy atom. The van der Waals surface area contributed by atoms with Gasteiger partial charge in [-0.1, -0.05) is 80.6 Å². The van der Waals surface area contributed by atoms with E-state index in [1.54, 1.807) is 21.3 Å². The van der Waals surface area contributed by atoms with E-state index in [4.69, 9.17) is 18.9 Å². The molecule has 6 aromatic rings. The molecule has 1 atom stereocenters. The van der Waals surface area contributed by atoms with E-state index < -0.39 is 5.60 Å². The monoisotopic (exact) mass is 697 g/mol. The van der Waals surface area contributed by atoms with Crippen LogP contribution in [-0.2, 0) is 11.0 Å². The molecule has 0 bridgehead atoms. The zero-order chi connectivity index (χ0) is 36.9. The van der Waals surface area contributed by atoms with Crippen LogP contribution in [0.15, 0.2) is 91.0 Å². The van der Waals surface area contributed by atoms with Crippen molar-refractivity contribution in [2.45, 2.75) is 37.7 Å². The maximum Gasteiger partial charge on any atom is 0.236 e. The van der Waals surface area contributed by atoms with Gasteiger partial charge in [-0.05, 0) is 70.8 Å². The van der Waals surface area contributed by atoms with Crippen molar-refractivity contribution < 1.29 is 18.9 Å². The standard InChI is InChI=1S/C44H35N5O4/c1-6-43(7-2)34-11-9-8-10-30(34)39-32-22-35(51-4)36(52-5)23-33(32)41-31(40(39)43)20-21-44(53-41,28-16-18-29(50-3)19-17-28)27-14-12-26(13-15-27)42-48-37(24-45)47-38(25-46)49-42/h8-23H,6-7H2,1-5H3. The number of methoxy groups -OCH3 is 3. The largest absolute Gasteiger partial charge is 0.497 e. The fraction of sp³-hybridized carbons (Fsp3) is 0.205. The number of hydrogen-bond donors (Lipinski definition) is 0. The number of nitriles is 2. The lowest BCUT2D eigenvalue weighted by atomic mass is 9.71. The molecular weight excluding hydrogens is 663 g/mol. The van der Waals surface area contributed by atoms with Gasteiger partial charge in [0.05, 0.1) is 21.3 Å². The molecule has 2 aliphatic rings. The number of fused-ring (bicyclic) bond motifs is 8. The molecule has 1 aliphatic heterocycles. The lowest BCUT2D eigenvalue weighted by Crippen LogP contribution is -2.35. The summed E-state index contributed by atoms with van der Waals surface area (Å²) in [4.78, 5) is 12.4. The molecule has 53 heavy (non-hydrogen) atoms. The average molecular weight is 698 g/mol. The normalized spacial score (nSPS) is 16.1. The van der Waals surface area contributed by atoms with Crippen LogP contribution in [0.5, 0.6) is 23.0 Å². The molecule has 260 valence electrons. The summed E-state index contributed by atoms with van der Waals surface area (Å²) in [6.07, 6.45) is 6.19. The van der Waals surface area contributed by atoms with Gasteiger partial charge in [0.1, 0.15) is 23.6 Å². The minimum atomic E-state index is -1.08. The van der Waals surface area contributed by atoms with Gasteiger partial charge in [0.15, 0.2) is 22.9 Å². The SMILES string of the molecule is CCC1(CC)c2ccccc2-c2c1c1c(c3cc(OC)c(OC)cc23)OC(c2ccc(OC)cc2)(c2ccc(-c3nc(C#N)nc(C#N)n3)cc2)C=C1. The van der Waals surface area contributed by atoms with Crippen molar-refractivity contribution in [1.29, 1.82) is 10.5 Å². The lowest BCUT2D eigenvalue weighted by molar-refractivity contribution is 0.163. The molecular formula is C44H35N5O4. The Morgan fingerprint density at radius 3 is 1.91 bits per heavy atom. The minimum Gasteiger partial charge on any atom is -0.497 e.